The monoisotopic (exact) mass is 244 g/mol. The van der Waals surface area contributed by atoms with Crippen LogP contribution in [0, 0.1) is 5.82 Å². The molecule has 1 aromatic rings. The second-order valence-electron chi connectivity index (χ2n) is 2.53. The Hall–Kier alpha value is -0.830. The molecule has 0 amide bonds. The molecule has 1 nitrogen and oxygen atoms in total. The highest BCUT2D eigenvalue weighted by atomic mass is 79.9. The smallest absolute Gasteiger partial charge is 0.165 e. The van der Waals surface area contributed by atoms with Crippen LogP contribution in [0.25, 0.3) is 0 Å². The van der Waals surface area contributed by atoms with Crippen LogP contribution in [0.4, 0.5) is 4.39 Å². The number of hydrogen-bond acceptors (Lipinski definition) is 1. The average Bonchev–Trinajstić information content (AvgIpc) is 2.15. The predicted molar refractivity (Wildman–Crippen MR) is 54.7 cm³/mol. The van der Waals surface area contributed by atoms with Crippen LogP contribution in [0.2, 0.25) is 0 Å². The van der Waals surface area contributed by atoms with E-state index in [0.29, 0.717) is 6.42 Å². The Labute approximate surface area is 85.3 Å². The van der Waals surface area contributed by atoms with Gasteiger partial charge in [-0.3, -0.25) is 0 Å². The minimum absolute atomic E-state index is 0.284. The van der Waals surface area contributed by atoms with Gasteiger partial charge in [-0.05, 0) is 29.1 Å². The van der Waals surface area contributed by atoms with Gasteiger partial charge in [0.05, 0.1) is 7.11 Å². The van der Waals surface area contributed by atoms with Crippen molar-refractivity contribution in [2.24, 2.45) is 0 Å². The van der Waals surface area contributed by atoms with E-state index in [1.807, 2.05) is 12.1 Å². The van der Waals surface area contributed by atoms with Crippen LogP contribution in [0.15, 0.2) is 29.3 Å². The summed E-state index contributed by atoms with van der Waals surface area (Å²) < 4.78 is 17.9. The zero-order valence-electron chi connectivity index (χ0n) is 7.26. The first kappa shape index (κ1) is 10.3. The largest absolute Gasteiger partial charge is 0.494 e. The molecule has 1 rings (SSSR count). The van der Waals surface area contributed by atoms with Crippen molar-refractivity contribution in [3.05, 3.63) is 40.6 Å². The summed E-state index contributed by atoms with van der Waals surface area (Å²) in [6, 6.07) is 4.95. The summed E-state index contributed by atoms with van der Waals surface area (Å²) in [6.45, 7) is 0. The minimum Gasteiger partial charge on any atom is -0.494 e. The lowest BCUT2D eigenvalue weighted by Gasteiger charge is -2.02. The molecule has 0 aliphatic heterocycles. The van der Waals surface area contributed by atoms with Gasteiger partial charge < -0.3 is 4.74 Å². The van der Waals surface area contributed by atoms with Gasteiger partial charge in [0.1, 0.15) is 0 Å². The van der Waals surface area contributed by atoms with Crippen LogP contribution in [0.5, 0.6) is 5.75 Å². The molecule has 0 aromatic heterocycles. The van der Waals surface area contributed by atoms with Crippen LogP contribution in [-0.4, -0.2) is 7.11 Å². The van der Waals surface area contributed by atoms with E-state index >= 15 is 0 Å². The first-order valence-electron chi connectivity index (χ1n) is 3.85. The zero-order valence-corrected chi connectivity index (χ0v) is 8.84. The maximum absolute atomic E-state index is 13.1. The van der Waals surface area contributed by atoms with E-state index in [9.17, 15) is 4.39 Å². The molecule has 13 heavy (non-hydrogen) atoms. The molecule has 3 heteroatoms. The number of allylic oxidation sites excluding steroid dienone is 1. The van der Waals surface area contributed by atoms with E-state index in [4.69, 9.17) is 4.74 Å². The van der Waals surface area contributed by atoms with Crippen LogP contribution in [0.1, 0.15) is 5.56 Å². The fourth-order valence-corrected chi connectivity index (χ4v) is 1.20. The van der Waals surface area contributed by atoms with Crippen molar-refractivity contribution in [3.8, 4) is 5.75 Å². The molecule has 0 spiro atoms. The molecule has 0 atom stereocenters. The first-order chi connectivity index (χ1) is 6.27. The van der Waals surface area contributed by atoms with Crippen molar-refractivity contribution < 1.29 is 9.13 Å². The Morgan fingerprint density at radius 1 is 1.54 bits per heavy atom. The van der Waals surface area contributed by atoms with Gasteiger partial charge in [-0.15, -0.1) is 0 Å². The van der Waals surface area contributed by atoms with Crippen molar-refractivity contribution in [1.82, 2.24) is 0 Å². The van der Waals surface area contributed by atoms with Crippen LogP contribution in [-0.2, 0) is 6.42 Å². The number of methoxy groups -OCH3 is 1. The highest BCUT2D eigenvalue weighted by Crippen LogP contribution is 2.18. The molecule has 70 valence electrons. The van der Waals surface area contributed by atoms with Gasteiger partial charge >= 0.3 is 0 Å². The maximum atomic E-state index is 13.1. The maximum Gasteiger partial charge on any atom is 0.165 e. The first-order valence-corrected chi connectivity index (χ1v) is 4.77. The summed E-state index contributed by atoms with van der Waals surface area (Å²) in [6.07, 6.45) is 2.62. The molecule has 0 saturated carbocycles. The van der Waals surface area contributed by atoms with Crippen molar-refractivity contribution in [1.29, 1.82) is 0 Å². The summed E-state index contributed by atoms with van der Waals surface area (Å²) in [7, 11) is 1.45. The quantitative estimate of drug-likeness (QED) is 0.793. The Morgan fingerprint density at radius 2 is 2.31 bits per heavy atom. The molecule has 0 N–H and O–H groups in total. The zero-order chi connectivity index (χ0) is 9.68. The summed E-state index contributed by atoms with van der Waals surface area (Å²) >= 11 is 3.15. The lowest BCUT2D eigenvalue weighted by Crippen LogP contribution is -1.89. The van der Waals surface area contributed by atoms with Crippen LogP contribution < -0.4 is 4.74 Å². The number of benzene rings is 1. The Kier molecular flexibility index (Phi) is 3.96. The van der Waals surface area contributed by atoms with Gasteiger partial charge in [-0.2, -0.15) is 0 Å². The van der Waals surface area contributed by atoms with Crippen LogP contribution in [0.3, 0.4) is 0 Å². The lowest BCUT2D eigenvalue weighted by atomic mass is 10.1. The number of halogens is 2. The average molecular weight is 245 g/mol. The Bertz CT molecular complexity index is 310. The summed E-state index contributed by atoms with van der Waals surface area (Å²) in [5.74, 6) is -0.0328. The molecular weight excluding hydrogens is 235 g/mol. The van der Waals surface area contributed by atoms with Crippen LogP contribution >= 0.6 is 15.9 Å². The molecule has 0 saturated heterocycles. The third kappa shape index (κ3) is 2.84. The molecule has 0 aliphatic rings. The summed E-state index contributed by atoms with van der Waals surface area (Å²) in [4.78, 5) is 1.76. The highest BCUT2D eigenvalue weighted by molar-refractivity contribution is 9.11. The Morgan fingerprint density at radius 3 is 2.85 bits per heavy atom. The third-order valence-corrected chi connectivity index (χ3v) is 2.03. The van der Waals surface area contributed by atoms with Gasteiger partial charge in [-0.1, -0.05) is 28.1 Å². The van der Waals surface area contributed by atoms with E-state index in [1.54, 1.807) is 11.1 Å². The molecule has 0 radical (unpaired) electrons. The topological polar surface area (TPSA) is 9.23 Å². The number of hydrogen-bond donors (Lipinski definition) is 0. The van der Waals surface area contributed by atoms with E-state index in [0.717, 1.165) is 5.56 Å². The van der Waals surface area contributed by atoms with Gasteiger partial charge in [0, 0.05) is 0 Å². The van der Waals surface area contributed by atoms with Gasteiger partial charge in [0.2, 0.25) is 0 Å². The fraction of sp³-hybridized carbons (Fsp3) is 0.200. The SMILES string of the molecule is COc1ccc(C/C=C/Br)cc1F. The molecule has 0 heterocycles. The van der Waals surface area contributed by atoms with Gasteiger partial charge in [0.15, 0.2) is 11.6 Å². The molecule has 0 fully saturated rings. The molecule has 0 unspecified atom stereocenters. The van der Waals surface area contributed by atoms with E-state index in [-0.39, 0.29) is 11.6 Å². The second-order valence-corrected chi connectivity index (χ2v) is 3.06. The van der Waals surface area contributed by atoms with Crippen molar-refractivity contribution in [2.75, 3.05) is 7.11 Å². The molecule has 0 bridgehead atoms. The van der Waals surface area contributed by atoms with E-state index < -0.39 is 0 Å². The predicted octanol–water partition coefficient (Wildman–Crippen LogP) is 3.29. The van der Waals surface area contributed by atoms with Crippen molar-refractivity contribution in [2.45, 2.75) is 6.42 Å². The standard InChI is InChI=1S/C10H10BrFO/c1-13-10-5-4-8(3-2-6-11)7-9(10)12/h2,4-7H,3H2,1H3/b6-2+. The van der Waals surface area contributed by atoms with E-state index in [2.05, 4.69) is 15.9 Å². The molecule has 1 aromatic carbocycles. The van der Waals surface area contributed by atoms with E-state index in [1.165, 1.54) is 13.2 Å². The fourth-order valence-electron chi connectivity index (χ4n) is 1.02. The summed E-state index contributed by atoms with van der Waals surface area (Å²) in [5.41, 5.74) is 0.925. The highest BCUT2D eigenvalue weighted by Gasteiger charge is 2.01. The number of rotatable bonds is 3. The minimum atomic E-state index is -0.317. The van der Waals surface area contributed by atoms with Crippen molar-refractivity contribution in [3.63, 3.8) is 0 Å². The molecular formula is C10H10BrFO. The third-order valence-electron chi connectivity index (χ3n) is 1.66. The second kappa shape index (κ2) is 5.02. The lowest BCUT2D eigenvalue weighted by molar-refractivity contribution is 0.386. The van der Waals surface area contributed by atoms with Gasteiger partial charge in [-0.25, -0.2) is 4.39 Å². The normalized spacial score (nSPS) is 10.7. The van der Waals surface area contributed by atoms with Crippen molar-refractivity contribution >= 4 is 15.9 Å². The molecule has 0 aliphatic carbocycles. The summed E-state index contributed by atoms with van der Waals surface area (Å²) in [5, 5.41) is 0. The van der Waals surface area contributed by atoms with Gasteiger partial charge in [0.25, 0.3) is 0 Å². The Balaban J connectivity index is 2.83. The number of ether oxygens (including phenoxy) is 1.